The first-order valence-electron chi connectivity index (χ1n) is 9.46. The summed E-state index contributed by atoms with van der Waals surface area (Å²) in [6, 6.07) is 18.0. The number of carbonyl (C=O) groups excluding carboxylic acids is 2. The Morgan fingerprint density at radius 3 is 2.11 bits per heavy atom. The van der Waals surface area contributed by atoms with Gasteiger partial charge in [0.25, 0.3) is 5.91 Å². The van der Waals surface area contributed by atoms with Crippen LogP contribution in [0.3, 0.4) is 0 Å². The summed E-state index contributed by atoms with van der Waals surface area (Å²) < 4.78 is 0. The van der Waals surface area contributed by atoms with Gasteiger partial charge >= 0.3 is 5.97 Å². The molecule has 28 heavy (non-hydrogen) atoms. The van der Waals surface area contributed by atoms with E-state index >= 15 is 0 Å². The van der Waals surface area contributed by atoms with Crippen LogP contribution in [0.1, 0.15) is 34.7 Å². The van der Waals surface area contributed by atoms with Gasteiger partial charge in [0.15, 0.2) is 0 Å². The van der Waals surface area contributed by atoms with Gasteiger partial charge in [-0.2, -0.15) is 0 Å². The predicted molar refractivity (Wildman–Crippen MR) is 105 cm³/mol. The minimum absolute atomic E-state index is 0.0190. The summed E-state index contributed by atoms with van der Waals surface area (Å²) in [7, 11) is 0. The van der Waals surface area contributed by atoms with Crippen molar-refractivity contribution in [3.8, 4) is 0 Å². The summed E-state index contributed by atoms with van der Waals surface area (Å²) >= 11 is 0. The molecule has 2 aromatic carbocycles. The number of rotatable bonds is 6. The number of benzene rings is 2. The number of likely N-dealkylation sites (tertiary alicyclic amines) is 1. The molecule has 0 radical (unpaired) electrons. The second-order valence-corrected chi connectivity index (χ2v) is 6.98. The fourth-order valence-electron chi connectivity index (χ4n) is 3.49. The smallest absolute Gasteiger partial charge is 0.312 e. The van der Waals surface area contributed by atoms with Crippen molar-refractivity contribution in [1.82, 2.24) is 10.2 Å². The molecule has 0 bridgehead atoms. The molecule has 1 unspecified atom stereocenters. The van der Waals surface area contributed by atoms with Crippen molar-refractivity contribution in [3.05, 3.63) is 71.8 Å². The second kappa shape index (κ2) is 9.17. The molecule has 1 aliphatic rings. The van der Waals surface area contributed by atoms with Crippen LogP contribution in [0.2, 0.25) is 0 Å². The van der Waals surface area contributed by atoms with Crippen LogP contribution in [0.4, 0.5) is 0 Å². The van der Waals surface area contributed by atoms with Gasteiger partial charge in [-0.25, -0.2) is 0 Å². The third-order valence-corrected chi connectivity index (χ3v) is 5.15. The number of nitrogens with zero attached hydrogens (tertiary/aromatic N) is 1. The Morgan fingerprint density at radius 2 is 1.54 bits per heavy atom. The lowest BCUT2D eigenvalue weighted by molar-refractivity contribution is -0.138. The molecule has 0 saturated carbocycles. The molecule has 0 aromatic heterocycles. The van der Waals surface area contributed by atoms with Gasteiger partial charge in [-0.15, -0.1) is 0 Å². The molecule has 146 valence electrons. The normalized spacial score (nSPS) is 15.6. The minimum Gasteiger partial charge on any atom is -0.481 e. The van der Waals surface area contributed by atoms with Crippen molar-refractivity contribution in [2.45, 2.75) is 18.8 Å². The van der Waals surface area contributed by atoms with Crippen molar-refractivity contribution in [1.29, 1.82) is 0 Å². The van der Waals surface area contributed by atoms with Crippen LogP contribution in [-0.4, -0.2) is 47.4 Å². The number of nitrogens with one attached hydrogen (secondary N) is 1. The Labute approximate surface area is 164 Å². The minimum atomic E-state index is -0.963. The highest BCUT2D eigenvalue weighted by atomic mass is 16.4. The van der Waals surface area contributed by atoms with E-state index in [1.165, 1.54) is 0 Å². The molecule has 2 N–H and O–H groups in total. The van der Waals surface area contributed by atoms with Crippen LogP contribution in [0, 0.1) is 5.92 Å². The lowest BCUT2D eigenvalue weighted by Gasteiger charge is -2.31. The SMILES string of the molecule is O=C(NCC(C(=O)O)c1ccccc1)C1CCN(C(=O)c2ccccc2)CC1. The van der Waals surface area contributed by atoms with Gasteiger partial charge in [-0.1, -0.05) is 48.5 Å². The lowest BCUT2D eigenvalue weighted by Crippen LogP contribution is -2.44. The molecule has 1 aliphatic heterocycles. The molecule has 0 aliphatic carbocycles. The van der Waals surface area contributed by atoms with E-state index in [2.05, 4.69) is 5.32 Å². The van der Waals surface area contributed by atoms with Gasteiger partial charge in [0.1, 0.15) is 0 Å². The first-order valence-corrected chi connectivity index (χ1v) is 9.46. The zero-order chi connectivity index (χ0) is 19.9. The molecular formula is C22H24N2O4. The summed E-state index contributed by atoms with van der Waals surface area (Å²) in [6.45, 7) is 1.10. The van der Waals surface area contributed by atoms with Gasteiger partial charge in [-0.05, 0) is 30.5 Å². The highest BCUT2D eigenvalue weighted by Gasteiger charge is 2.29. The molecule has 0 spiro atoms. The summed E-state index contributed by atoms with van der Waals surface area (Å²) in [5.74, 6) is -2.10. The Kier molecular flexibility index (Phi) is 6.42. The predicted octanol–water partition coefficient (Wildman–Crippen LogP) is 2.52. The van der Waals surface area contributed by atoms with Gasteiger partial charge in [0, 0.05) is 31.1 Å². The van der Waals surface area contributed by atoms with Gasteiger partial charge in [0.05, 0.1) is 5.92 Å². The van der Waals surface area contributed by atoms with E-state index < -0.39 is 11.9 Å². The molecule has 2 aromatic rings. The van der Waals surface area contributed by atoms with Crippen LogP contribution in [0.5, 0.6) is 0 Å². The lowest BCUT2D eigenvalue weighted by atomic mass is 9.94. The Hall–Kier alpha value is -3.15. The van der Waals surface area contributed by atoms with E-state index in [4.69, 9.17) is 0 Å². The summed E-state index contributed by atoms with van der Waals surface area (Å²) in [6.07, 6.45) is 1.15. The van der Waals surface area contributed by atoms with Gasteiger partial charge in [0.2, 0.25) is 5.91 Å². The van der Waals surface area contributed by atoms with Crippen molar-refractivity contribution in [2.24, 2.45) is 5.92 Å². The number of carboxylic acid groups (broad SMARTS) is 1. The molecule has 6 nitrogen and oxygen atoms in total. The molecule has 6 heteroatoms. The number of piperidine rings is 1. The number of aliphatic carboxylic acids is 1. The van der Waals surface area contributed by atoms with Crippen LogP contribution in [0.15, 0.2) is 60.7 Å². The van der Waals surface area contributed by atoms with Crippen LogP contribution >= 0.6 is 0 Å². The maximum absolute atomic E-state index is 12.5. The maximum Gasteiger partial charge on any atom is 0.312 e. The van der Waals surface area contributed by atoms with Crippen molar-refractivity contribution in [3.63, 3.8) is 0 Å². The Bertz CT molecular complexity index is 815. The number of hydrogen-bond acceptors (Lipinski definition) is 3. The quantitative estimate of drug-likeness (QED) is 0.806. The zero-order valence-corrected chi connectivity index (χ0v) is 15.6. The largest absolute Gasteiger partial charge is 0.481 e. The summed E-state index contributed by atoms with van der Waals surface area (Å²) in [4.78, 5) is 38.3. The topological polar surface area (TPSA) is 86.7 Å². The van der Waals surface area contributed by atoms with E-state index in [1.54, 1.807) is 41.3 Å². The van der Waals surface area contributed by atoms with Crippen LogP contribution < -0.4 is 5.32 Å². The monoisotopic (exact) mass is 380 g/mol. The Balaban J connectivity index is 1.51. The average molecular weight is 380 g/mol. The molecule has 2 amide bonds. The van der Waals surface area contributed by atoms with Crippen molar-refractivity contribution in [2.75, 3.05) is 19.6 Å². The van der Waals surface area contributed by atoms with Crippen LogP contribution in [0.25, 0.3) is 0 Å². The number of hydrogen-bond donors (Lipinski definition) is 2. The first-order chi connectivity index (χ1) is 13.6. The summed E-state index contributed by atoms with van der Waals surface area (Å²) in [5, 5.41) is 12.2. The molecule has 1 atom stereocenters. The zero-order valence-electron chi connectivity index (χ0n) is 15.6. The van der Waals surface area contributed by atoms with E-state index in [9.17, 15) is 19.5 Å². The highest BCUT2D eigenvalue weighted by Crippen LogP contribution is 2.20. The number of carboxylic acids is 1. The highest BCUT2D eigenvalue weighted by molar-refractivity contribution is 5.94. The van der Waals surface area contributed by atoms with E-state index in [0.717, 1.165) is 0 Å². The van der Waals surface area contributed by atoms with Crippen LogP contribution in [-0.2, 0) is 9.59 Å². The number of amides is 2. The first kappa shape index (κ1) is 19.6. The van der Waals surface area contributed by atoms with E-state index in [-0.39, 0.29) is 24.3 Å². The standard InChI is InChI=1S/C22H24N2O4/c25-20(23-15-19(22(27)28)16-7-3-1-4-8-16)17-11-13-24(14-12-17)21(26)18-9-5-2-6-10-18/h1-10,17,19H,11-15H2,(H,23,25)(H,27,28). The average Bonchev–Trinajstić information content (AvgIpc) is 2.74. The fourth-order valence-corrected chi connectivity index (χ4v) is 3.49. The van der Waals surface area contributed by atoms with Gasteiger partial charge in [-0.3, -0.25) is 14.4 Å². The third kappa shape index (κ3) is 4.76. The van der Waals surface area contributed by atoms with Gasteiger partial charge < -0.3 is 15.3 Å². The Morgan fingerprint density at radius 1 is 0.964 bits per heavy atom. The van der Waals surface area contributed by atoms with E-state index in [0.29, 0.717) is 37.1 Å². The molecule has 1 fully saturated rings. The molecule has 1 heterocycles. The molecule has 3 rings (SSSR count). The second-order valence-electron chi connectivity index (χ2n) is 6.98. The fraction of sp³-hybridized carbons (Fsp3) is 0.318. The third-order valence-electron chi connectivity index (χ3n) is 5.15. The molecule has 1 saturated heterocycles. The van der Waals surface area contributed by atoms with Crippen molar-refractivity contribution < 1.29 is 19.5 Å². The van der Waals surface area contributed by atoms with E-state index in [1.807, 2.05) is 24.3 Å². The maximum atomic E-state index is 12.5. The number of carbonyl (C=O) groups is 3. The molecular weight excluding hydrogens is 356 g/mol. The summed E-state index contributed by atoms with van der Waals surface area (Å²) in [5.41, 5.74) is 1.32. The van der Waals surface area contributed by atoms with Crippen molar-refractivity contribution >= 4 is 17.8 Å².